The Balaban J connectivity index is 0.00000242. The molecule has 1 aromatic carbocycles. The number of carbonyl (C=O) groups is 1. The van der Waals surface area contributed by atoms with E-state index in [1.165, 1.54) is 0 Å². The smallest absolute Gasteiger partial charge is 0.237 e. The predicted octanol–water partition coefficient (Wildman–Crippen LogP) is 2.85. The molecule has 2 rings (SSSR count). The van der Waals surface area contributed by atoms with Crippen molar-refractivity contribution in [1.29, 1.82) is 0 Å². The lowest BCUT2D eigenvalue weighted by Crippen LogP contribution is -2.41. The molecule has 1 amide bonds. The Hall–Kier alpha value is -0.430. The van der Waals surface area contributed by atoms with Gasteiger partial charge >= 0.3 is 0 Å². The summed E-state index contributed by atoms with van der Waals surface area (Å²) in [4.78, 5) is 11.7. The van der Waals surface area contributed by atoms with Gasteiger partial charge in [-0.1, -0.05) is 22.0 Å². The molecule has 0 aromatic heterocycles. The molecule has 0 spiro atoms. The van der Waals surface area contributed by atoms with Crippen molar-refractivity contribution in [3.05, 3.63) is 28.7 Å². The van der Waals surface area contributed by atoms with Crippen LogP contribution in [-0.4, -0.2) is 43.2 Å². The van der Waals surface area contributed by atoms with E-state index in [-0.39, 0.29) is 24.4 Å². The van der Waals surface area contributed by atoms with E-state index in [0.29, 0.717) is 6.61 Å². The zero-order valence-corrected chi connectivity index (χ0v) is 15.6. The highest BCUT2D eigenvalue weighted by atomic mass is 79.9. The Morgan fingerprint density at radius 3 is 3.05 bits per heavy atom. The van der Waals surface area contributed by atoms with Gasteiger partial charge in [0, 0.05) is 22.5 Å². The van der Waals surface area contributed by atoms with Crippen LogP contribution in [0.3, 0.4) is 0 Å². The van der Waals surface area contributed by atoms with Gasteiger partial charge < -0.3 is 15.4 Å². The molecule has 4 nitrogen and oxygen atoms in total. The molecule has 1 saturated heterocycles. The molecule has 7 heteroatoms. The third-order valence-electron chi connectivity index (χ3n) is 3.21. The third-order valence-corrected chi connectivity index (χ3v) is 4.66. The average Bonchev–Trinajstić information content (AvgIpc) is 3.00. The highest BCUT2D eigenvalue weighted by Crippen LogP contribution is 2.17. The van der Waals surface area contributed by atoms with E-state index < -0.39 is 0 Å². The van der Waals surface area contributed by atoms with Gasteiger partial charge in [-0.05, 0) is 37.6 Å². The fraction of sp³-hybridized carbons (Fsp3) is 0.533. The second-order valence-electron chi connectivity index (χ2n) is 4.86. The second kappa shape index (κ2) is 11.2. The Morgan fingerprint density at radius 1 is 1.45 bits per heavy atom. The Bertz CT molecular complexity index is 459. The summed E-state index contributed by atoms with van der Waals surface area (Å²) in [5.74, 6) is 2.86. The highest BCUT2D eigenvalue weighted by molar-refractivity contribution is 9.10. The molecule has 1 aliphatic rings. The van der Waals surface area contributed by atoms with Gasteiger partial charge in [-0.3, -0.25) is 4.79 Å². The average molecular weight is 410 g/mol. The number of halogens is 2. The van der Waals surface area contributed by atoms with Crippen LogP contribution in [0.25, 0.3) is 0 Å². The maximum atomic E-state index is 11.7. The molecule has 1 heterocycles. The van der Waals surface area contributed by atoms with E-state index in [0.717, 1.165) is 47.7 Å². The van der Waals surface area contributed by atoms with Gasteiger partial charge in [0.25, 0.3) is 0 Å². The van der Waals surface area contributed by atoms with Crippen LogP contribution >= 0.6 is 40.1 Å². The largest absolute Gasteiger partial charge is 0.493 e. The summed E-state index contributed by atoms with van der Waals surface area (Å²) >= 11 is 5.21. The molecule has 0 saturated carbocycles. The van der Waals surface area contributed by atoms with E-state index in [4.69, 9.17) is 4.74 Å². The Kier molecular flexibility index (Phi) is 9.95. The van der Waals surface area contributed by atoms with Crippen LogP contribution in [0.4, 0.5) is 0 Å². The van der Waals surface area contributed by atoms with Crippen LogP contribution < -0.4 is 15.4 Å². The van der Waals surface area contributed by atoms with Gasteiger partial charge in [-0.15, -0.1) is 12.4 Å². The van der Waals surface area contributed by atoms with Crippen molar-refractivity contribution in [2.24, 2.45) is 0 Å². The van der Waals surface area contributed by atoms with Crippen LogP contribution in [0.5, 0.6) is 5.75 Å². The van der Waals surface area contributed by atoms with Crippen molar-refractivity contribution in [3.63, 3.8) is 0 Å². The topological polar surface area (TPSA) is 50.4 Å². The minimum Gasteiger partial charge on any atom is -0.493 e. The first-order valence-corrected chi connectivity index (χ1v) is 9.18. The summed E-state index contributed by atoms with van der Waals surface area (Å²) in [6.07, 6.45) is 2.05. The third kappa shape index (κ3) is 7.22. The Morgan fingerprint density at radius 2 is 2.32 bits per heavy atom. The van der Waals surface area contributed by atoms with Crippen molar-refractivity contribution >= 4 is 46.0 Å². The van der Waals surface area contributed by atoms with E-state index in [9.17, 15) is 4.79 Å². The zero-order chi connectivity index (χ0) is 14.9. The van der Waals surface area contributed by atoms with Crippen LogP contribution in [0.2, 0.25) is 0 Å². The van der Waals surface area contributed by atoms with Gasteiger partial charge in [-0.25, -0.2) is 0 Å². The fourth-order valence-corrected chi connectivity index (χ4v) is 3.19. The number of benzene rings is 1. The Labute approximate surface area is 150 Å². The quantitative estimate of drug-likeness (QED) is 0.648. The standard InChI is InChI=1S/C15H21BrN2O2S.ClH/c16-12-3-1-4-13(11-12)20-8-10-21-9-7-18-15(19)14-5-2-6-17-14;/h1,3-4,11,14,17H,2,5-10H2,(H,18,19);1H. The lowest BCUT2D eigenvalue weighted by Gasteiger charge is -2.11. The number of thioether (sulfide) groups is 1. The lowest BCUT2D eigenvalue weighted by atomic mass is 10.2. The fourth-order valence-electron chi connectivity index (χ4n) is 2.16. The second-order valence-corrected chi connectivity index (χ2v) is 7.00. The number of nitrogens with one attached hydrogen (secondary N) is 2. The van der Waals surface area contributed by atoms with Crippen LogP contribution in [0.15, 0.2) is 28.7 Å². The maximum absolute atomic E-state index is 11.7. The van der Waals surface area contributed by atoms with Gasteiger partial charge in [-0.2, -0.15) is 11.8 Å². The summed E-state index contributed by atoms with van der Waals surface area (Å²) in [5.41, 5.74) is 0. The van der Waals surface area contributed by atoms with Crippen molar-refractivity contribution in [3.8, 4) is 5.75 Å². The molecule has 1 fully saturated rings. The van der Waals surface area contributed by atoms with Crippen molar-refractivity contribution in [1.82, 2.24) is 10.6 Å². The minimum absolute atomic E-state index is 0. The molecule has 1 atom stereocenters. The van der Waals surface area contributed by atoms with Gasteiger partial charge in [0.05, 0.1) is 12.6 Å². The number of ether oxygens (including phenoxy) is 1. The molecular formula is C15H22BrClN2O2S. The van der Waals surface area contributed by atoms with E-state index in [1.54, 1.807) is 11.8 Å². The minimum atomic E-state index is 0. The summed E-state index contributed by atoms with van der Waals surface area (Å²) in [7, 11) is 0. The molecule has 22 heavy (non-hydrogen) atoms. The predicted molar refractivity (Wildman–Crippen MR) is 98.2 cm³/mol. The summed E-state index contributed by atoms with van der Waals surface area (Å²) in [6, 6.07) is 7.86. The first-order chi connectivity index (χ1) is 10.3. The summed E-state index contributed by atoms with van der Waals surface area (Å²) in [6.45, 7) is 2.36. The maximum Gasteiger partial charge on any atom is 0.237 e. The molecule has 1 unspecified atom stereocenters. The van der Waals surface area contributed by atoms with Gasteiger partial charge in [0.1, 0.15) is 5.75 Å². The molecule has 0 bridgehead atoms. The van der Waals surface area contributed by atoms with Crippen molar-refractivity contribution < 1.29 is 9.53 Å². The molecular weight excluding hydrogens is 388 g/mol. The molecule has 0 radical (unpaired) electrons. The first-order valence-electron chi connectivity index (χ1n) is 7.23. The van der Waals surface area contributed by atoms with Crippen LogP contribution in [-0.2, 0) is 4.79 Å². The van der Waals surface area contributed by atoms with Crippen molar-refractivity contribution in [2.45, 2.75) is 18.9 Å². The van der Waals surface area contributed by atoms with Crippen LogP contribution in [0.1, 0.15) is 12.8 Å². The molecule has 0 aliphatic carbocycles. The van der Waals surface area contributed by atoms with Gasteiger partial charge in [0.2, 0.25) is 5.91 Å². The normalized spacial score (nSPS) is 16.9. The number of rotatable bonds is 8. The summed E-state index contributed by atoms with van der Waals surface area (Å²) in [5, 5.41) is 6.17. The van der Waals surface area contributed by atoms with E-state index >= 15 is 0 Å². The highest BCUT2D eigenvalue weighted by Gasteiger charge is 2.20. The van der Waals surface area contributed by atoms with Crippen LogP contribution in [0, 0.1) is 0 Å². The first kappa shape index (κ1) is 19.6. The molecule has 1 aromatic rings. The van der Waals surface area contributed by atoms with Crippen molar-refractivity contribution in [2.75, 3.05) is 31.2 Å². The van der Waals surface area contributed by atoms with E-state index in [1.807, 2.05) is 24.3 Å². The number of carbonyl (C=O) groups excluding carboxylic acids is 1. The number of hydrogen-bond acceptors (Lipinski definition) is 4. The molecule has 2 N–H and O–H groups in total. The van der Waals surface area contributed by atoms with Gasteiger partial charge in [0.15, 0.2) is 0 Å². The summed E-state index contributed by atoms with van der Waals surface area (Å²) < 4.78 is 6.67. The monoisotopic (exact) mass is 408 g/mol. The molecule has 124 valence electrons. The molecule has 1 aliphatic heterocycles. The van der Waals surface area contributed by atoms with E-state index in [2.05, 4.69) is 26.6 Å². The SMILES string of the molecule is Cl.O=C(NCCSCCOc1cccc(Br)c1)C1CCCN1. The lowest BCUT2D eigenvalue weighted by molar-refractivity contribution is -0.122. The number of hydrogen-bond donors (Lipinski definition) is 2. The zero-order valence-electron chi connectivity index (χ0n) is 12.3. The number of amides is 1.